The van der Waals surface area contributed by atoms with Gasteiger partial charge >= 0.3 is 0 Å². The number of benzene rings is 2. The summed E-state index contributed by atoms with van der Waals surface area (Å²) in [6.07, 6.45) is 3.67. The number of carbonyl (C=O) groups is 1. The molecule has 1 amide bonds. The number of nitrogens with zero attached hydrogens (tertiary/aromatic N) is 3. The Morgan fingerprint density at radius 3 is 2.59 bits per heavy atom. The van der Waals surface area contributed by atoms with E-state index in [0.717, 1.165) is 47.6 Å². The summed E-state index contributed by atoms with van der Waals surface area (Å²) in [4.78, 5) is 21.7. The van der Waals surface area contributed by atoms with Crippen molar-refractivity contribution in [3.05, 3.63) is 88.8 Å². The van der Waals surface area contributed by atoms with Gasteiger partial charge in [-0.1, -0.05) is 24.3 Å². The molecule has 1 aliphatic heterocycles. The van der Waals surface area contributed by atoms with Gasteiger partial charge in [-0.05, 0) is 41.8 Å². The predicted octanol–water partition coefficient (Wildman–Crippen LogP) is 2.65. The lowest BCUT2D eigenvalue weighted by Gasteiger charge is -2.27. The largest absolute Gasteiger partial charge is 0.489 e. The molecule has 0 aliphatic carbocycles. The molecule has 1 radical (unpaired) electrons. The number of ether oxygens (including phenoxy) is 1. The molecule has 0 saturated carbocycles. The zero-order valence-electron chi connectivity index (χ0n) is 15.8. The predicted molar refractivity (Wildman–Crippen MR) is 104 cm³/mol. The van der Waals surface area contributed by atoms with E-state index in [1.165, 1.54) is 12.1 Å². The second-order valence-electron chi connectivity index (χ2n) is 6.97. The van der Waals surface area contributed by atoms with Gasteiger partial charge in [0.15, 0.2) is 0 Å². The van der Waals surface area contributed by atoms with E-state index in [1.54, 1.807) is 12.1 Å². The van der Waals surface area contributed by atoms with Crippen molar-refractivity contribution in [2.75, 3.05) is 6.54 Å². The van der Waals surface area contributed by atoms with E-state index in [2.05, 4.69) is 21.1 Å². The molecule has 0 bridgehead atoms. The van der Waals surface area contributed by atoms with Crippen LogP contribution in [0.15, 0.2) is 48.5 Å². The molecule has 2 heterocycles. The van der Waals surface area contributed by atoms with Gasteiger partial charge in [-0.15, -0.1) is 0 Å². The van der Waals surface area contributed by atoms with E-state index >= 15 is 0 Å². The summed E-state index contributed by atoms with van der Waals surface area (Å²) in [5.74, 6) is -0.130. The lowest BCUT2D eigenvalue weighted by atomic mass is 10.1. The van der Waals surface area contributed by atoms with Gasteiger partial charge in [0.25, 0.3) is 5.91 Å². The zero-order chi connectivity index (χ0) is 20.2. The molecule has 0 atom stereocenters. The smallest absolute Gasteiger partial charge is 0.286 e. The first-order valence-electron chi connectivity index (χ1n) is 9.32. The normalized spacial score (nSPS) is 13.7. The average Bonchev–Trinajstić information content (AvgIpc) is 2.74. The molecule has 6 nitrogen and oxygen atoms in total. The molecule has 0 spiro atoms. The minimum absolute atomic E-state index is 0.00764. The summed E-state index contributed by atoms with van der Waals surface area (Å²) in [6.45, 7) is 2.64. The average molecular weight is 391 g/mol. The lowest BCUT2D eigenvalue weighted by Crippen LogP contribution is -2.32. The number of fused-ring (bicyclic) bond motifs is 1. The van der Waals surface area contributed by atoms with E-state index < -0.39 is 5.91 Å². The highest BCUT2D eigenvalue weighted by Crippen LogP contribution is 2.20. The molecule has 2 aromatic carbocycles. The Bertz CT molecular complexity index is 1010. The topological polar surface area (TPSA) is 81.3 Å². The van der Waals surface area contributed by atoms with Crippen LogP contribution in [0.4, 0.5) is 4.39 Å². The number of nitrogens with two attached hydrogens (primary N) is 1. The molecule has 4 rings (SSSR count). The maximum absolute atomic E-state index is 12.9. The van der Waals surface area contributed by atoms with Crippen molar-refractivity contribution in [2.24, 2.45) is 5.73 Å². The summed E-state index contributed by atoms with van der Waals surface area (Å²) in [7, 11) is 0. The van der Waals surface area contributed by atoms with E-state index in [-0.39, 0.29) is 11.6 Å². The number of aromatic nitrogens is 2. The van der Waals surface area contributed by atoms with Crippen molar-refractivity contribution in [1.82, 2.24) is 14.9 Å². The van der Waals surface area contributed by atoms with Gasteiger partial charge in [0, 0.05) is 25.2 Å². The number of amides is 1. The van der Waals surface area contributed by atoms with E-state index in [9.17, 15) is 9.18 Å². The fourth-order valence-electron chi connectivity index (χ4n) is 3.24. The van der Waals surface area contributed by atoms with Gasteiger partial charge in [-0.2, -0.15) is 0 Å². The fourth-order valence-corrected chi connectivity index (χ4v) is 3.24. The number of hydrogen-bond acceptors (Lipinski definition) is 5. The van der Waals surface area contributed by atoms with Crippen LogP contribution in [-0.2, 0) is 26.1 Å². The molecular formula is C22H20FN4O2. The van der Waals surface area contributed by atoms with E-state index in [4.69, 9.17) is 10.5 Å². The third-order valence-corrected chi connectivity index (χ3v) is 4.81. The molecule has 29 heavy (non-hydrogen) atoms. The van der Waals surface area contributed by atoms with Crippen molar-refractivity contribution in [3.8, 4) is 5.75 Å². The molecule has 0 fully saturated rings. The Balaban J connectivity index is 1.34. The quantitative estimate of drug-likeness (QED) is 0.699. The third kappa shape index (κ3) is 4.75. The minimum Gasteiger partial charge on any atom is -0.489 e. The number of hydrogen-bond donors (Lipinski definition) is 1. The summed E-state index contributed by atoms with van der Waals surface area (Å²) in [5, 5.41) is 0. The van der Waals surface area contributed by atoms with Crippen molar-refractivity contribution in [1.29, 1.82) is 0 Å². The van der Waals surface area contributed by atoms with Crippen LogP contribution in [0.2, 0.25) is 0 Å². The van der Waals surface area contributed by atoms with Gasteiger partial charge in [-0.3, -0.25) is 9.69 Å². The Labute approximate surface area is 168 Å². The van der Waals surface area contributed by atoms with E-state index in [0.29, 0.717) is 13.2 Å². The number of carbonyl (C=O) groups excluding carboxylic acids is 1. The highest BCUT2D eigenvalue weighted by Gasteiger charge is 2.20. The van der Waals surface area contributed by atoms with Gasteiger partial charge < -0.3 is 10.5 Å². The first-order chi connectivity index (χ1) is 14.1. The van der Waals surface area contributed by atoms with Crippen LogP contribution in [0.25, 0.3) is 0 Å². The Kier molecular flexibility index (Phi) is 5.48. The molecule has 3 aromatic rings. The van der Waals surface area contributed by atoms with Gasteiger partial charge in [-0.25, -0.2) is 14.4 Å². The zero-order valence-corrected chi connectivity index (χ0v) is 15.8. The first-order valence-corrected chi connectivity index (χ1v) is 9.32. The summed E-state index contributed by atoms with van der Waals surface area (Å²) in [6, 6.07) is 14.2. The van der Waals surface area contributed by atoms with Crippen LogP contribution in [0.1, 0.15) is 33.0 Å². The molecule has 7 heteroatoms. The standard InChI is InChI=1S/C22H20FN4O2/c23-18-5-1-16(2-6-18)14-29-19-7-3-15(4-8-19)12-27-10-9-17-11-25-22(21(24)28)26-20(17)13-27/h1-8H,9-10,12-14H2,(H2,24,28). The molecule has 1 aliphatic rings. The van der Waals surface area contributed by atoms with Gasteiger partial charge in [0.1, 0.15) is 18.2 Å². The molecular weight excluding hydrogens is 371 g/mol. The highest BCUT2D eigenvalue weighted by atomic mass is 19.1. The van der Waals surface area contributed by atoms with Gasteiger partial charge in [0.2, 0.25) is 5.82 Å². The lowest BCUT2D eigenvalue weighted by molar-refractivity contribution is 0.0989. The number of rotatable bonds is 6. The van der Waals surface area contributed by atoms with Crippen LogP contribution in [-0.4, -0.2) is 27.3 Å². The maximum Gasteiger partial charge on any atom is 0.286 e. The molecule has 0 saturated heterocycles. The summed E-state index contributed by atoms with van der Waals surface area (Å²) >= 11 is 0. The monoisotopic (exact) mass is 391 g/mol. The molecule has 2 N–H and O–H groups in total. The molecule has 147 valence electrons. The Morgan fingerprint density at radius 1 is 1.14 bits per heavy atom. The van der Waals surface area contributed by atoms with Crippen LogP contribution >= 0.6 is 0 Å². The second kappa shape index (κ2) is 8.36. The first kappa shape index (κ1) is 19.0. The van der Waals surface area contributed by atoms with Crippen molar-refractivity contribution < 1.29 is 13.9 Å². The SMILES string of the molecule is NC(=O)c1n[c]c2c(n1)CN(Cc1ccc(OCc3ccc(F)cc3)cc1)CC2. The van der Waals surface area contributed by atoms with Crippen LogP contribution < -0.4 is 10.5 Å². The number of primary amides is 1. The van der Waals surface area contributed by atoms with Crippen LogP contribution in [0, 0.1) is 12.0 Å². The van der Waals surface area contributed by atoms with Crippen LogP contribution in [0.5, 0.6) is 5.75 Å². The summed E-state index contributed by atoms with van der Waals surface area (Å²) < 4.78 is 18.7. The van der Waals surface area contributed by atoms with Crippen molar-refractivity contribution >= 4 is 5.91 Å². The third-order valence-electron chi connectivity index (χ3n) is 4.81. The maximum atomic E-state index is 12.9. The second-order valence-corrected chi connectivity index (χ2v) is 6.97. The fraction of sp³-hybridized carbons (Fsp3) is 0.227. The Morgan fingerprint density at radius 2 is 1.86 bits per heavy atom. The van der Waals surface area contributed by atoms with E-state index in [1.807, 2.05) is 24.3 Å². The van der Waals surface area contributed by atoms with Crippen molar-refractivity contribution in [2.45, 2.75) is 26.1 Å². The molecule has 1 aromatic heterocycles. The number of halogens is 1. The van der Waals surface area contributed by atoms with Crippen molar-refractivity contribution in [3.63, 3.8) is 0 Å². The highest BCUT2D eigenvalue weighted by molar-refractivity contribution is 5.88. The molecule has 0 unspecified atom stereocenters. The van der Waals surface area contributed by atoms with Crippen LogP contribution in [0.3, 0.4) is 0 Å². The minimum atomic E-state index is -0.641. The Hall–Kier alpha value is -3.32. The summed E-state index contributed by atoms with van der Waals surface area (Å²) in [5.41, 5.74) is 9.07. The van der Waals surface area contributed by atoms with Gasteiger partial charge in [0.05, 0.1) is 11.9 Å².